The Labute approximate surface area is 152 Å². The van der Waals surface area contributed by atoms with Crippen LogP contribution in [0.5, 0.6) is 5.75 Å². The van der Waals surface area contributed by atoms with Crippen molar-refractivity contribution in [2.45, 2.75) is 39.3 Å². The van der Waals surface area contributed by atoms with Crippen LogP contribution >= 0.6 is 11.3 Å². The van der Waals surface area contributed by atoms with Crippen LogP contribution in [0.1, 0.15) is 35.8 Å². The minimum Gasteiger partial charge on any atom is -0.496 e. The van der Waals surface area contributed by atoms with Crippen LogP contribution < -0.4 is 10.1 Å². The number of benzene rings is 1. The third-order valence-corrected chi connectivity index (χ3v) is 5.60. The van der Waals surface area contributed by atoms with E-state index in [9.17, 15) is 0 Å². The first-order valence-corrected chi connectivity index (χ1v) is 9.55. The molecule has 1 aliphatic rings. The zero-order valence-electron chi connectivity index (χ0n) is 14.9. The molecule has 3 aromatic rings. The molecule has 0 spiro atoms. The van der Waals surface area contributed by atoms with E-state index in [1.807, 2.05) is 18.2 Å². The van der Waals surface area contributed by atoms with Gasteiger partial charge in [-0.1, -0.05) is 18.2 Å². The molecule has 1 N–H and O–H groups in total. The fourth-order valence-corrected chi connectivity index (χ4v) is 4.14. The van der Waals surface area contributed by atoms with E-state index in [4.69, 9.17) is 9.72 Å². The number of aromatic nitrogens is 2. The van der Waals surface area contributed by atoms with Gasteiger partial charge in [0.25, 0.3) is 0 Å². The topological polar surface area (TPSA) is 39.1 Å². The summed E-state index contributed by atoms with van der Waals surface area (Å²) < 4.78 is 7.88. The van der Waals surface area contributed by atoms with Crippen LogP contribution in [0, 0.1) is 13.8 Å². The summed E-state index contributed by atoms with van der Waals surface area (Å²) in [6.45, 7) is 5.11. The van der Waals surface area contributed by atoms with Gasteiger partial charge < -0.3 is 14.6 Å². The molecular weight excluding hydrogens is 330 g/mol. The highest BCUT2D eigenvalue weighted by molar-refractivity contribution is 7.14. The monoisotopic (exact) mass is 353 g/mol. The Morgan fingerprint density at radius 3 is 2.84 bits per heavy atom. The maximum absolute atomic E-state index is 5.41. The molecule has 25 heavy (non-hydrogen) atoms. The minimum atomic E-state index is 0.704. The summed E-state index contributed by atoms with van der Waals surface area (Å²) in [4.78, 5) is 4.80. The first kappa shape index (κ1) is 16.2. The van der Waals surface area contributed by atoms with E-state index in [1.165, 1.54) is 29.8 Å². The van der Waals surface area contributed by atoms with E-state index in [0.717, 1.165) is 22.1 Å². The first-order chi connectivity index (χ1) is 12.2. The molecule has 130 valence electrons. The number of anilines is 1. The third-order valence-electron chi connectivity index (χ3n) is 4.80. The summed E-state index contributed by atoms with van der Waals surface area (Å²) in [5.41, 5.74) is 6.13. The largest absolute Gasteiger partial charge is 0.496 e. The molecule has 1 aliphatic carbocycles. The molecule has 1 fully saturated rings. The van der Waals surface area contributed by atoms with Crippen molar-refractivity contribution in [3.05, 3.63) is 52.7 Å². The molecule has 4 rings (SSSR count). The van der Waals surface area contributed by atoms with E-state index in [-0.39, 0.29) is 0 Å². The maximum Gasteiger partial charge on any atom is 0.183 e. The smallest absolute Gasteiger partial charge is 0.183 e. The molecule has 0 amide bonds. The van der Waals surface area contributed by atoms with Gasteiger partial charge in [-0.2, -0.15) is 0 Å². The zero-order chi connectivity index (χ0) is 17.4. The predicted molar refractivity (Wildman–Crippen MR) is 104 cm³/mol. The van der Waals surface area contributed by atoms with Gasteiger partial charge in [0.15, 0.2) is 5.13 Å². The van der Waals surface area contributed by atoms with Crippen molar-refractivity contribution >= 4 is 16.5 Å². The highest BCUT2D eigenvalue weighted by Crippen LogP contribution is 2.40. The van der Waals surface area contributed by atoms with Crippen LogP contribution in [0.25, 0.3) is 11.3 Å². The number of thiazole rings is 1. The van der Waals surface area contributed by atoms with Gasteiger partial charge in [-0.3, -0.25) is 0 Å². The Morgan fingerprint density at radius 1 is 1.28 bits per heavy atom. The Hall–Kier alpha value is -2.27. The van der Waals surface area contributed by atoms with Gasteiger partial charge in [0.05, 0.1) is 12.8 Å². The van der Waals surface area contributed by atoms with Crippen LogP contribution in [-0.2, 0) is 6.54 Å². The lowest BCUT2D eigenvalue weighted by molar-refractivity contribution is 0.410. The molecule has 0 atom stereocenters. The number of methoxy groups -OCH3 is 1. The Balaban J connectivity index is 1.52. The number of aryl methyl sites for hydroxylation is 1. The standard InChI is InChI=1S/C20H23N3OS/c1-13-10-17(14(2)23(13)16-8-9-16)18-12-25-20(22-18)21-11-15-6-4-5-7-19(15)24-3/h4-7,10,12,16H,8-9,11H2,1-3H3,(H,21,22). The van der Waals surface area contributed by atoms with E-state index >= 15 is 0 Å². The van der Waals surface area contributed by atoms with Crippen LogP contribution in [0.4, 0.5) is 5.13 Å². The van der Waals surface area contributed by atoms with Crippen LogP contribution in [0.15, 0.2) is 35.7 Å². The molecular formula is C20H23N3OS. The molecule has 2 heterocycles. The van der Waals surface area contributed by atoms with E-state index in [0.29, 0.717) is 12.6 Å². The second kappa shape index (κ2) is 6.56. The van der Waals surface area contributed by atoms with Crippen LogP contribution in [0.2, 0.25) is 0 Å². The van der Waals surface area contributed by atoms with Crippen molar-refractivity contribution in [2.75, 3.05) is 12.4 Å². The molecule has 1 saturated carbocycles. The number of nitrogens with one attached hydrogen (secondary N) is 1. The van der Waals surface area contributed by atoms with Gasteiger partial charge >= 0.3 is 0 Å². The molecule has 2 aromatic heterocycles. The van der Waals surface area contributed by atoms with Crippen molar-refractivity contribution < 1.29 is 4.74 Å². The summed E-state index contributed by atoms with van der Waals surface area (Å²) in [6, 6.07) is 11.0. The second-order valence-electron chi connectivity index (χ2n) is 6.59. The molecule has 4 nitrogen and oxygen atoms in total. The molecule has 0 radical (unpaired) electrons. The number of para-hydroxylation sites is 1. The molecule has 0 bridgehead atoms. The Morgan fingerprint density at radius 2 is 2.08 bits per heavy atom. The number of hydrogen-bond acceptors (Lipinski definition) is 4. The fourth-order valence-electron chi connectivity index (χ4n) is 3.43. The summed E-state index contributed by atoms with van der Waals surface area (Å²) in [5.74, 6) is 0.903. The first-order valence-electron chi connectivity index (χ1n) is 8.67. The van der Waals surface area contributed by atoms with Gasteiger partial charge in [-0.05, 0) is 38.8 Å². The predicted octanol–water partition coefficient (Wildman–Crippen LogP) is 5.18. The summed E-state index contributed by atoms with van der Waals surface area (Å²) >= 11 is 1.65. The molecule has 5 heteroatoms. The highest BCUT2D eigenvalue weighted by atomic mass is 32.1. The van der Waals surface area contributed by atoms with Gasteiger partial charge in [0.2, 0.25) is 0 Å². The Bertz CT molecular complexity index is 892. The minimum absolute atomic E-state index is 0.704. The molecule has 0 aliphatic heterocycles. The SMILES string of the molecule is COc1ccccc1CNc1nc(-c2cc(C)n(C3CC3)c2C)cs1. The third kappa shape index (κ3) is 3.16. The lowest BCUT2D eigenvalue weighted by Gasteiger charge is -2.08. The van der Waals surface area contributed by atoms with E-state index in [1.54, 1.807) is 18.4 Å². The molecule has 1 aromatic carbocycles. The average Bonchev–Trinajstić information content (AvgIpc) is 3.26. The van der Waals surface area contributed by atoms with Crippen molar-refractivity contribution in [3.63, 3.8) is 0 Å². The van der Waals surface area contributed by atoms with Gasteiger partial charge in [-0.25, -0.2) is 4.98 Å². The highest BCUT2D eigenvalue weighted by Gasteiger charge is 2.27. The molecule has 0 unspecified atom stereocenters. The normalized spacial score (nSPS) is 13.9. The summed E-state index contributed by atoms with van der Waals surface area (Å²) in [5, 5.41) is 6.51. The summed E-state index contributed by atoms with van der Waals surface area (Å²) in [7, 11) is 1.70. The number of nitrogens with zero attached hydrogens (tertiary/aromatic N) is 2. The van der Waals surface area contributed by atoms with E-state index in [2.05, 4.69) is 41.2 Å². The second-order valence-corrected chi connectivity index (χ2v) is 7.45. The average molecular weight is 353 g/mol. The van der Waals surface area contributed by atoms with Crippen molar-refractivity contribution in [2.24, 2.45) is 0 Å². The van der Waals surface area contributed by atoms with Gasteiger partial charge in [-0.15, -0.1) is 11.3 Å². The Kier molecular flexibility index (Phi) is 4.25. The summed E-state index contributed by atoms with van der Waals surface area (Å²) in [6.07, 6.45) is 2.61. The lowest BCUT2D eigenvalue weighted by Crippen LogP contribution is -2.01. The number of ether oxygens (including phenoxy) is 1. The lowest BCUT2D eigenvalue weighted by atomic mass is 10.2. The van der Waals surface area contributed by atoms with Crippen molar-refractivity contribution in [3.8, 4) is 17.0 Å². The van der Waals surface area contributed by atoms with Crippen LogP contribution in [-0.4, -0.2) is 16.7 Å². The zero-order valence-corrected chi connectivity index (χ0v) is 15.7. The van der Waals surface area contributed by atoms with Gasteiger partial charge in [0.1, 0.15) is 5.75 Å². The number of rotatable bonds is 6. The maximum atomic E-state index is 5.41. The van der Waals surface area contributed by atoms with Crippen molar-refractivity contribution in [1.29, 1.82) is 0 Å². The number of hydrogen-bond donors (Lipinski definition) is 1. The van der Waals surface area contributed by atoms with Crippen LogP contribution in [0.3, 0.4) is 0 Å². The van der Waals surface area contributed by atoms with Crippen molar-refractivity contribution in [1.82, 2.24) is 9.55 Å². The molecule has 0 saturated heterocycles. The fraction of sp³-hybridized carbons (Fsp3) is 0.350. The van der Waals surface area contributed by atoms with Gasteiger partial charge in [0, 0.05) is 40.5 Å². The van der Waals surface area contributed by atoms with E-state index < -0.39 is 0 Å². The quantitative estimate of drug-likeness (QED) is 0.663.